The van der Waals surface area contributed by atoms with Crippen LogP contribution in [0.5, 0.6) is 0 Å². The number of carboxylic acids is 1. The van der Waals surface area contributed by atoms with Crippen molar-refractivity contribution in [2.24, 2.45) is 5.92 Å². The molecule has 6 heteroatoms. The third-order valence-electron chi connectivity index (χ3n) is 2.96. The summed E-state index contributed by atoms with van der Waals surface area (Å²) in [5.74, 6) is -2.32. The van der Waals surface area contributed by atoms with Crippen molar-refractivity contribution in [1.82, 2.24) is 0 Å². The molecule has 0 saturated carbocycles. The van der Waals surface area contributed by atoms with Crippen molar-refractivity contribution in [1.29, 1.82) is 0 Å². The summed E-state index contributed by atoms with van der Waals surface area (Å²) < 4.78 is 35.5. The second-order valence-corrected chi connectivity index (χ2v) is 6.86. The van der Waals surface area contributed by atoms with E-state index >= 15 is 0 Å². The molecule has 0 aliphatic carbocycles. The normalized spacial score (nSPS) is 13.2. The molecule has 0 aliphatic rings. The lowest BCUT2D eigenvalue weighted by Crippen LogP contribution is -2.21. The van der Waals surface area contributed by atoms with Crippen molar-refractivity contribution >= 4 is 15.8 Å². The number of halogens is 1. The van der Waals surface area contributed by atoms with Crippen molar-refractivity contribution in [2.45, 2.75) is 19.8 Å². The summed E-state index contributed by atoms with van der Waals surface area (Å²) in [5.41, 5.74) is 0.683. The molecule has 0 radical (unpaired) electrons. The fourth-order valence-corrected chi connectivity index (χ4v) is 2.62. The van der Waals surface area contributed by atoms with Crippen LogP contribution in [0.25, 0.3) is 0 Å². The van der Waals surface area contributed by atoms with Gasteiger partial charge in [0.25, 0.3) is 0 Å². The van der Waals surface area contributed by atoms with Gasteiger partial charge in [-0.15, -0.1) is 0 Å². The lowest BCUT2D eigenvalue weighted by atomic mass is 9.97. The Hall–Kier alpha value is -1.43. The lowest BCUT2D eigenvalue weighted by Gasteiger charge is -2.12. The van der Waals surface area contributed by atoms with Gasteiger partial charge < -0.3 is 5.11 Å². The van der Waals surface area contributed by atoms with Gasteiger partial charge in [-0.05, 0) is 30.5 Å². The molecule has 1 N–H and O–H groups in total. The minimum atomic E-state index is -3.17. The summed E-state index contributed by atoms with van der Waals surface area (Å²) in [6, 6.07) is 5.55. The fraction of sp³-hybridized carbons (Fsp3) is 0.462. The number of hydrogen-bond acceptors (Lipinski definition) is 3. The van der Waals surface area contributed by atoms with E-state index in [1.165, 1.54) is 31.2 Å². The van der Waals surface area contributed by atoms with Gasteiger partial charge in [0.05, 0.1) is 11.7 Å². The van der Waals surface area contributed by atoms with Gasteiger partial charge in [-0.25, -0.2) is 12.8 Å². The highest BCUT2D eigenvalue weighted by atomic mass is 32.2. The Morgan fingerprint density at radius 2 is 1.89 bits per heavy atom. The lowest BCUT2D eigenvalue weighted by molar-refractivity contribution is -0.141. The Kier molecular flexibility index (Phi) is 5.47. The molecule has 19 heavy (non-hydrogen) atoms. The molecule has 0 heterocycles. The maximum atomic E-state index is 12.7. The summed E-state index contributed by atoms with van der Waals surface area (Å²) >= 11 is 0. The van der Waals surface area contributed by atoms with E-state index in [0.717, 1.165) is 0 Å². The monoisotopic (exact) mass is 288 g/mol. The highest BCUT2D eigenvalue weighted by Crippen LogP contribution is 2.15. The third-order valence-corrected chi connectivity index (χ3v) is 4.70. The van der Waals surface area contributed by atoms with Crippen LogP contribution < -0.4 is 0 Å². The topological polar surface area (TPSA) is 71.4 Å². The molecule has 0 aliphatic heterocycles. The SMILES string of the molecule is CCS(=O)(=O)CCC(Cc1ccc(F)cc1)C(=O)O. The van der Waals surface area contributed by atoms with Crippen LogP contribution in [0, 0.1) is 11.7 Å². The van der Waals surface area contributed by atoms with E-state index in [-0.39, 0.29) is 30.2 Å². The van der Waals surface area contributed by atoms with E-state index in [4.69, 9.17) is 5.11 Å². The van der Waals surface area contributed by atoms with E-state index in [1.54, 1.807) is 0 Å². The standard InChI is InChI=1S/C13H17FO4S/c1-2-19(17,18)8-7-11(13(15)16)9-10-3-5-12(14)6-4-10/h3-6,11H,2,7-9H2,1H3,(H,15,16). The van der Waals surface area contributed by atoms with Crippen LogP contribution in [0.3, 0.4) is 0 Å². The van der Waals surface area contributed by atoms with Crippen LogP contribution in [0.2, 0.25) is 0 Å². The van der Waals surface area contributed by atoms with Crippen LogP contribution in [0.1, 0.15) is 18.9 Å². The molecule has 106 valence electrons. The predicted octanol–water partition coefficient (Wildman–Crippen LogP) is 1.89. The second kappa shape index (κ2) is 6.65. The van der Waals surface area contributed by atoms with E-state index in [0.29, 0.717) is 5.56 Å². The van der Waals surface area contributed by atoms with Gasteiger partial charge in [0, 0.05) is 5.75 Å². The molecule has 0 bridgehead atoms. The Balaban J connectivity index is 2.68. The molecule has 0 spiro atoms. The second-order valence-electron chi connectivity index (χ2n) is 4.39. The van der Waals surface area contributed by atoms with Gasteiger partial charge in [-0.1, -0.05) is 19.1 Å². The van der Waals surface area contributed by atoms with Gasteiger partial charge in [-0.2, -0.15) is 0 Å². The van der Waals surface area contributed by atoms with Crippen molar-refractivity contribution in [2.75, 3.05) is 11.5 Å². The Morgan fingerprint density at radius 1 is 1.32 bits per heavy atom. The highest BCUT2D eigenvalue weighted by molar-refractivity contribution is 7.91. The minimum absolute atomic E-state index is 0.00981. The van der Waals surface area contributed by atoms with Gasteiger partial charge in [0.1, 0.15) is 15.7 Å². The summed E-state index contributed by atoms with van der Waals surface area (Å²) in [7, 11) is -3.17. The van der Waals surface area contributed by atoms with E-state index < -0.39 is 21.7 Å². The number of aliphatic carboxylic acids is 1. The van der Waals surface area contributed by atoms with E-state index in [2.05, 4.69) is 0 Å². The quantitative estimate of drug-likeness (QED) is 0.831. The number of sulfone groups is 1. The maximum absolute atomic E-state index is 12.7. The van der Waals surface area contributed by atoms with Crippen LogP contribution in [0.15, 0.2) is 24.3 Å². The number of carboxylic acid groups (broad SMARTS) is 1. The summed E-state index contributed by atoms with van der Waals surface area (Å²) in [4.78, 5) is 11.1. The van der Waals surface area contributed by atoms with Crippen molar-refractivity contribution in [3.8, 4) is 0 Å². The number of benzene rings is 1. The zero-order chi connectivity index (χ0) is 14.5. The molecular weight excluding hydrogens is 271 g/mol. The molecule has 0 saturated heterocycles. The van der Waals surface area contributed by atoms with E-state index in [1.807, 2.05) is 0 Å². The molecule has 1 atom stereocenters. The highest BCUT2D eigenvalue weighted by Gasteiger charge is 2.21. The van der Waals surface area contributed by atoms with Crippen molar-refractivity contribution < 1.29 is 22.7 Å². The molecule has 1 unspecified atom stereocenters. The molecule has 0 amide bonds. The van der Waals surface area contributed by atoms with Crippen molar-refractivity contribution in [3.63, 3.8) is 0 Å². The zero-order valence-electron chi connectivity index (χ0n) is 10.7. The predicted molar refractivity (Wildman–Crippen MR) is 70.2 cm³/mol. The minimum Gasteiger partial charge on any atom is -0.481 e. The largest absolute Gasteiger partial charge is 0.481 e. The first-order chi connectivity index (χ1) is 8.84. The van der Waals surface area contributed by atoms with Crippen molar-refractivity contribution in [3.05, 3.63) is 35.6 Å². The molecule has 1 rings (SSSR count). The Morgan fingerprint density at radius 3 is 2.37 bits per heavy atom. The van der Waals surface area contributed by atoms with Gasteiger partial charge in [0.2, 0.25) is 0 Å². The fourth-order valence-electron chi connectivity index (χ4n) is 1.68. The first-order valence-electron chi connectivity index (χ1n) is 6.01. The number of rotatable bonds is 7. The first kappa shape index (κ1) is 15.6. The van der Waals surface area contributed by atoms with Crippen LogP contribution in [-0.2, 0) is 21.1 Å². The average Bonchev–Trinajstić information content (AvgIpc) is 2.36. The Bertz CT molecular complexity index is 522. The zero-order valence-corrected chi connectivity index (χ0v) is 11.5. The summed E-state index contributed by atoms with van der Waals surface area (Å²) in [5, 5.41) is 9.09. The summed E-state index contributed by atoms with van der Waals surface area (Å²) in [6.07, 6.45) is 0.276. The van der Waals surface area contributed by atoms with Gasteiger partial charge in [-0.3, -0.25) is 4.79 Å². The summed E-state index contributed by atoms with van der Waals surface area (Å²) in [6.45, 7) is 1.53. The first-order valence-corrected chi connectivity index (χ1v) is 7.84. The molecule has 0 fully saturated rings. The average molecular weight is 288 g/mol. The van der Waals surface area contributed by atoms with Crippen LogP contribution >= 0.6 is 0 Å². The molecular formula is C13H17FO4S. The molecule has 1 aromatic carbocycles. The maximum Gasteiger partial charge on any atom is 0.306 e. The van der Waals surface area contributed by atoms with Crippen LogP contribution in [0.4, 0.5) is 4.39 Å². The smallest absolute Gasteiger partial charge is 0.306 e. The number of carbonyl (C=O) groups is 1. The van der Waals surface area contributed by atoms with Gasteiger partial charge >= 0.3 is 5.97 Å². The number of hydrogen-bond donors (Lipinski definition) is 1. The molecule has 1 aromatic rings. The molecule has 4 nitrogen and oxygen atoms in total. The van der Waals surface area contributed by atoms with Gasteiger partial charge in [0.15, 0.2) is 0 Å². The third kappa shape index (κ3) is 5.38. The van der Waals surface area contributed by atoms with Crippen LogP contribution in [-0.4, -0.2) is 31.0 Å². The molecule has 0 aromatic heterocycles. The Labute approximate surface area is 112 Å². The van der Waals surface area contributed by atoms with E-state index in [9.17, 15) is 17.6 Å².